The maximum absolute atomic E-state index is 9.75. The number of ether oxygens (including phenoxy) is 1. The van der Waals surface area contributed by atoms with Gasteiger partial charge in [-0.2, -0.15) is 0 Å². The van der Waals surface area contributed by atoms with E-state index in [-0.39, 0.29) is 12.1 Å². The first-order valence-electron chi connectivity index (χ1n) is 4.81. The number of likely N-dealkylation sites (tertiary alicyclic amines) is 1. The SMILES string of the molecule is CC1(O)CCN(C2COCC2O)C1. The molecule has 3 unspecified atom stereocenters. The van der Waals surface area contributed by atoms with Crippen molar-refractivity contribution in [2.45, 2.75) is 31.1 Å². The van der Waals surface area contributed by atoms with Gasteiger partial charge >= 0.3 is 0 Å². The zero-order chi connectivity index (χ0) is 9.47. The molecule has 0 aromatic heterocycles. The minimum Gasteiger partial charge on any atom is -0.389 e. The van der Waals surface area contributed by atoms with Gasteiger partial charge < -0.3 is 14.9 Å². The minimum atomic E-state index is -0.581. The average Bonchev–Trinajstić information content (AvgIpc) is 2.56. The van der Waals surface area contributed by atoms with Crippen LogP contribution in [0.15, 0.2) is 0 Å². The van der Waals surface area contributed by atoms with Crippen LogP contribution in [0.3, 0.4) is 0 Å². The Morgan fingerprint density at radius 2 is 2.23 bits per heavy atom. The Morgan fingerprint density at radius 1 is 1.46 bits per heavy atom. The van der Waals surface area contributed by atoms with Gasteiger partial charge in [0.1, 0.15) is 0 Å². The summed E-state index contributed by atoms with van der Waals surface area (Å²) >= 11 is 0. The Hall–Kier alpha value is -0.160. The molecule has 2 aliphatic heterocycles. The fourth-order valence-corrected chi connectivity index (χ4v) is 2.14. The van der Waals surface area contributed by atoms with E-state index in [0.29, 0.717) is 19.8 Å². The van der Waals surface area contributed by atoms with Crippen molar-refractivity contribution in [1.82, 2.24) is 4.90 Å². The van der Waals surface area contributed by atoms with Crippen LogP contribution in [-0.2, 0) is 4.74 Å². The molecule has 4 nitrogen and oxygen atoms in total. The number of nitrogens with zero attached hydrogens (tertiary/aromatic N) is 1. The summed E-state index contributed by atoms with van der Waals surface area (Å²) < 4.78 is 5.18. The van der Waals surface area contributed by atoms with Gasteiger partial charge in [0.2, 0.25) is 0 Å². The lowest BCUT2D eigenvalue weighted by Crippen LogP contribution is -2.43. The van der Waals surface area contributed by atoms with E-state index in [0.717, 1.165) is 13.0 Å². The molecule has 0 aromatic carbocycles. The zero-order valence-corrected chi connectivity index (χ0v) is 7.94. The molecule has 2 rings (SSSR count). The van der Waals surface area contributed by atoms with E-state index in [1.807, 2.05) is 6.92 Å². The Labute approximate surface area is 78.1 Å². The fourth-order valence-electron chi connectivity index (χ4n) is 2.14. The van der Waals surface area contributed by atoms with Gasteiger partial charge in [-0.1, -0.05) is 0 Å². The smallest absolute Gasteiger partial charge is 0.0950 e. The van der Waals surface area contributed by atoms with E-state index in [9.17, 15) is 10.2 Å². The van der Waals surface area contributed by atoms with Crippen LogP contribution >= 0.6 is 0 Å². The van der Waals surface area contributed by atoms with Gasteiger partial charge in [-0.25, -0.2) is 0 Å². The van der Waals surface area contributed by atoms with Crippen LogP contribution in [0.5, 0.6) is 0 Å². The molecule has 2 heterocycles. The maximum Gasteiger partial charge on any atom is 0.0950 e. The molecule has 0 spiro atoms. The van der Waals surface area contributed by atoms with Gasteiger partial charge in [-0.05, 0) is 13.3 Å². The fraction of sp³-hybridized carbons (Fsp3) is 1.00. The lowest BCUT2D eigenvalue weighted by Gasteiger charge is -2.26. The van der Waals surface area contributed by atoms with Gasteiger partial charge in [0.05, 0.1) is 31.0 Å². The number of aliphatic hydroxyl groups is 2. The molecule has 0 amide bonds. The summed E-state index contributed by atoms with van der Waals surface area (Å²) in [5.41, 5.74) is -0.581. The Kier molecular flexibility index (Phi) is 2.32. The lowest BCUT2D eigenvalue weighted by atomic mass is 10.1. The van der Waals surface area contributed by atoms with Crippen molar-refractivity contribution >= 4 is 0 Å². The summed E-state index contributed by atoms with van der Waals surface area (Å²) in [6.07, 6.45) is 0.407. The van der Waals surface area contributed by atoms with Crippen molar-refractivity contribution in [3.05, 3.63) is 0 Å². The molecular formula is C9H17NO3. The molecule has 0 radical (unpaired) electrons. The van der Waals surface area contributed by atoms with E-state index in [1.165, 1.54) is 0 Å². The first-order valence-corrected chi connectivity index (χ1v) is 4.81. The van der Waals surface area contributed by atoms with Crippen LogP contribution in [0.2, 0.25) is 0 Å². The van der Waals surface area contributed by atoms with Crippen molar-refractivity contribution < 1.29 is 14.9 Å². The lowest BCUT2D eigenvalue weighted by molar-refractivity contribution is 0.0460. The van der Waals surface area contributed by atoms with Crippen LogP contribution in [0.25, 0.3) is 0 Å². The standard InChI is InChI=1S/C9H17NO3/c1-9(12)2-3-10(6-9)7-4-13-5-8(7)11/h7-8,11-12H,2-6H2,1H3. The van der Waals surface area contributed by atoms with E-state index in [2.05, 4.69) is 4.90 Å². The third-order valence-corrected chi connectivity index (χ3v) is 2.97. The molecule has 13 heavy (non-hydrogen) atoms. The number of β-amino-alcohol motifs (C(OH)–C–C–N with tert-alkyl or cyclic N) is 1. The molecule has 0 saturated carbocycles. The van der Waals surface area contributed by atoms with Crippen LogP contribution in [-0.4, -0.2) is 59.2 Å². The highest BCUT2D eigenvalue weighted by Crippen LogP contribution is 2.25. The summed E-state index contributed by atoms with van der Waals surface area (Å²) in [6, 6.07) is 0.0916. The highest BCUT2D eigenvalue weighted by atomic mass is 16.5. The second-order valence-electron chi connectivity index (χ2n) is 4.39. The van der Waals surface area contributed by atoms with E-state index >= 15 is 0 Å². The summed E-state index contributed by atoms with van der Waals surface area (Å²) in [7, 11) is 0. The predicted octanol–water partition coefficient (Wildman–Crippen LogP) is -0.797. The van der Waals surface area contributed by atoms with Gasteiger partial charge in [0, 0.05) is 13.1 Å². The van der Waals surface area contributed by atoms with E-state index in [1.54, 1.807) is 0 Å². The third-order valence-electron chi connectivity index (χ3n) is 2.97. The molecule has 3 atom stereocenters. The second-order valence-corrected chi connectivity index (χ2v) is 4.39. The first-order chi connectivity index (χ1) is 6.08. The Balaban J connectivity index is 1.95. The monoisotopic (exact) mass is 187 g/mol. The number of hydrogen-bond donors (Lipinski definition) is 2. The molecule has 0 aliphatic carbocycles. The first kappa shape index (κ1) is 9.40. The van der Waals surface area contributed by atoms with Gasteiger partial charge in [0.25, 0.3) is 0 Å². The van der Waals surface area contributed by atoms with Crippen LogP contribution in [0.4, 0.5) is 0 Å². The van der Waals surface area contributed by atoms with Gasteiger partial charge in [-0.3, -0.25) is 4.90 Å². The van der Waals surface area contributed by atoms with Gasteiger partial charge in [0.15, 0.2) is 0 Å². The van der Waals surface area contributed by atoms with Crippen molar-refractivity contribution in [2.24, 2.45) is 0 Å². The molecule has 2 N–H and O–H groups in total. The molecule has 0 aromatic rings. The summed E-state index contributed by atoms with van der Waals surface area (Å²) in [4.78, 5) is 2.12. The molecule has 4 heteroatoms. The average molecular weight is 187 g/mol. The van der Waals surface area contributed by atoms with Crippen LogP contribution in [0, 0.1) is 0 Å². The minimum absolute atomic E-state index is 0.0916. The van der Waals surface area contributed by atoms with Crippen molar-refractivity contribution in [2.75, 3.05) is 26.3 Å². The maximum atomic E-state index is 9.75. The highest BCUT2D eigenvalue weighted by molar-refractivity contribution is 4.93. The Bertz CT molecular complexity index is 195. The summed E-state index contributed by atoms with van der Waals surface area (Å²) in [5, 5.41) is 19.3. The third kappa shape index (κ3) is 1.86. The highest BCUT2D eigenvalue weighted by Gasteiger charge is 2.39. The quantitative estimate of drug-likeness (QED) is 0.564. The van der Waals surface area contributed by atoms with Crippen LogP contribution in [0.1, 0.15) is 13.3 Å². The number of aliphatic hydroxyl groups excluding tert-OH is 1. The van der Waals surface area contributed by atoms with E-state index in [4.69, 9.17) is 4.74 Å². The van der Waals surface area contributed by atoms with Crippen molar-refractivity contribution in [3.63, 3.8) is 0 Å². The largest absolute Gasteiger partial charge is 0.389 e. The van der Waals surface area contributed by atoms with Gasteiger partial charge in [-0.15, -0.1) is 0 Å². The number of hydrogen-bond acceptors (Lipinski definition) is 4. The second kappa shape index (κ2) is 3.20. The van der Waals surface area contributed by atoms with E-state index < -0.39 is 5.60 Å². The zero-order valence-electron chi connectivity index (χ0n) is 7.94. The molecule has 76 valence electrons. The molecular weight excluding hydrogens is 170 g/mol. The normalized spacial score (nSPS) is 47.3. The topological polar surface area (TPSA) is 52.9 Å². The molecule has 0 bridgehead atoms. The molecule has 2 saturated heterocycles. The summed E-state index contributed by atoms with van der Waals surface area (Å²) in [5.74, 6) is 0. The van der Waals surface area contributed by atoms with Crippen molar-refractivity contribution in [1.29, 1.82) is 0 Å². The van der Waals surface area contributed by atoms with Crippen molar-refractivity contribution in [3.8, 4) is 0 Å². The van der Waals surface area contributed by atoms with Crippen LogP contribution < -0.4 is 0 Å². The Morgan fingerprint density at radius 3 is 2.69 bits per heavy atom. The number of rotatable bonds is 1. The summed E-state index contributed by atoms with van der Waals surface area (Å²) in [6.45, 7) is 4.38. The molecule has 2 fully saturated rings. The molecule has 2 aliphatic rings. The predicted molar refractivity (Wildman–Crippen MR) is 47.4 cm³/mol.